The first-order valence-electron chi connectivity index (χ1n) is 4.90. The van der Waals surface area contributed by atoms with E-state index >= 15 is 0 Å². The van der Waals surface area contributed by atoms with Crippen molar-refractivity contribution in [3.63, 3.8) is 0 Å². The van der Waals surface area contributed by atoms with E-state index < -0.39 is 0 Å². The molecule has 0 unspecified atom stereocenters. The van der Waals surface area contributed by atoms with E-state index in [1.54, 1.807) is 0 Å². The van der Waals surface area contributed by atoms with E-state index in [-0.39, 0.29) is 0 Å². The summed E-state index contributed by atoms with van der Waals surface area (Å²) in [4.78, 5) is 1.89. The highest BCUT2D eigenvalue weighted by Gasteiger charge is 2.04. The SMILES string of the molecule is Cc1ccc(C)c(/C(C#N)=C/N(C)C)c1. The predicted octanol–water partition coefficient (Wildman–Crippen LogP) is 2.73. The van der Waals surface area contributed by atoms with Crippen LogP contribution in [0.25, 0.3) is 5.57 Å². The summed E-state index contributed by atoms with van der Waals surface area (Å²) in [6.07, 6.45) is 1.85. The van der Waals surface area contributed by atoms with Crippen molar-refractivity contribution in [3.05, 3.63) is 41.1 Å². The number of aryl methyl sites for hydroxylation is 2. The molecule has 0 bridgehead atoms. The maximum atomic E-state index is 9.10. The number of rotatable bonds is 2. The third-order valence-corrected chi connectivity index (χ3v) is 2.19. The standard InChI is InChI=1S/C13H16N2/c1-10-5-6-11(2)13(7-10)12(8-14)9-15(3)4/h5-7,9H,1-4H3/b12-9+. The summed E-state index contributed by atoms with van der Waals surface area (Å²) < 4.78 is 0. The molecule has 0 amide bonds. The third kappa shape index (κ3) is 2.85. The Morgan fingerprint density at radius 2 is 2.00 bits per heavy atom. The molecule has 0 atom stereocenters. The summed E-state index contributed by atoms with van der Waals surface area (Å²) in [5.74, 6) is 0. The first-order valence-corrected chi connectivity index (χ1v) is 4.90. The fourth-order valence-corrected chi connectivity index (χ4v) is 1.44. The number of hydrogen-bond donors (Lipinski definition) is 0. The Morgan fingerprint density at radius 1 is 1.33 bits per heavy atom. The fourth-order valence-electron chi connectivity index (χ4n) is 1.44. The smallest absolute Gasteiger partial charge is 0.101 e. The molecule has 1 aromatic rings. The second-order valence-corrected chi connectivity index (χ2v) is 3.94. The molecule has 1 aromatic carbocycles. The van der Waals surface area contributed by atoms with Crippen LogP contribution in [0.15, 0.2) is 24.4 Å². The second-order valence-electron chi connectivity index (χ2n) is 3.94. The largest absolute Gasteiger partial charge is 0.382 e. The molecule has 1 rings (SSSR count). The molecule has 0 N–H and O–H groups in total. The highest BCUT2D eigenvalue weighted by atomic mass is 15.0. The Kier molecular flexibility index (Phi) is 3.51. The molecule has 0 heterocycles. The van der Waals surface area contributed by atoms with Crippen LogP contribution in [0.3, 0.4) is 0 Å². The van der Waals surface area contributed by atoms with Gasteiger partial charge in [0.25, 0.3) is 0 Å². The van der Waals surface area contributed by atoms with E-state index in [9.17, 15) is 0 Å². The van der Waals surface area contributed by atoms with Crippen LogP contribution in [-0.2, 0) is 0 Å². The number of allylic oxidation sites excluding steroid dienone is 1. The van der Waals surface area contributed by atoms with Crippen LogP contribution in [-0.4, -0.2) is 19.0 Å². The van der Waals surface area contributed by atoms with E-state index in [1.807, 2.05) is 51.2 Å². The zero-order valence-corrected chi connectivity index (χ0v) is 9.70. The third-order valence-electron chi connectivity index (χ3n) is 2.19. The molecule has 0 fully saturated rings. The van der Waals surface area contributed by atoms with Gasteiger partial charge in [0.05, 0.1) is 5.57 Å². The minimum absolute atomic E-state index is 0.709. The van der Waals surface area contributed by atoms with Crippen molar-refractivity contribution in [1.82, 2.24) is 4.90 Å². The predicted molar refractivity (Wildman–Crippen MR) is 63.2 cm³/mol. The van der Waals surface area contributed by atoms with Crippen molar-refractivity contribution in [2.75, 3.05) is 14.1 Å². The van der Waals surface area contributed by atoms with Crippen molar-refractivity contribution in [1.29, 1.82) is 5.26 Å². The van der Waals surface area contributed by atoms with E-state index in [0.29, 0.717) is 5.57 Å². The van der Waals surface area contributed by atoms with Crippen LogP contribution in [0.4, 0.5) is 0 Å². The minimum Gasteiger partial charge on any atom is -0.382 e. The van der Waals surface area contributed by atoms with Gasteiger partial charge in [0.2, 0.25) is 0 Å². The van der Waals surface area contributed by atoms with Crippen molar-refractivity contribution in [3.8, 4) is 6.07 Å². The van der Waals surface area contributed by atoms with Crippen molar-refractivity contribution >= 4 is 5.57 Å². The normalized spacial score (nSPS) is 11.0. The van der Waals surface area contributed by atoms with Crippen LogP contribution in [0.2, 0.25) is 0 Å². The van der Waals surface area contributed by atoms with Crippen LogP contribution < -0.4 is 0 Å². The fraction of sp³-hybridized carbons (Fsp3) is 0.308. The maximum absolute atomic E-state index is 9.10. The van der Waals surface area contributed by atoms with E-state index in [4.69, 9.17) is 5.26 Å². The van der Waals surface area contributed by atoms with Crippen LogP contribution >= 0.6 is 0 Å². The lowest BCUT2D eigenvalue weighted by atomic mass is 10.00. The van der Waals surface area contributed by atoms with Gasteiger partial charge >= 0.3 is 0 Å². The molecule has 2 nitrogen and oxygen atoms in total. The zero-order chi connectivity index (χ0) is 11.4. The molecule has 15 heavy (non-hydrogen) atoms. The van der Waals surface area contributed by atoms with Crippen molar-refractivity contribution < 1.29 is 0 Å². The van der Waals surface area contributed by atoms with Gasteiger partial charge in [-0.2, -0.15) is 5.26 Å². The van der Waals surface area contributed by atoms with Gasteiger partial charge in [-0.25, -0.2) is 0 Å². The number of nitrogens with zero attached hydrogens (tertiary/aromatic N) is 2. The lowest BCUT2D eigenvalue weighted by molar-refractivity contribution is 0.566. The summed E-state index contributed by atoms with van der Waals surface area (Å²) in [5.41, 5.74) is 4.04. The summed E-state index contributed by atoms with van der Waals surface area (Å²) in [6.45, 7) is 4.06. The highest BCUT2D eigenvalue weighted by Crippen LogP contribution is 2.19. The van der Waals surface area contributed by atoms with Gasteiger partial charge in [0, 0.05) is 20.3 Å². The van der Waals surface area contributed by atoms with E-state index in [1.165, 1.54) is 5.56 Å². The van der Waals surface area contributed by atoms with E-state index in [0.717, 1.165) is 11.1 Å². The van der Waals surface area contributed by atoms with E-state index in [2.05, 4.69) is 12.1 Å². The number of hydrogen-bond acceptors (Lipinski definition) is 2. The molecule has 0 saturated carbocycles. The van der Waals surface area contributed by atoms with Gasteiger partial charge in [0.1, 0.15) is 6.07 Å². The molecular formula is C13H16N2. The number of nitriles is 1. The average Bonchev–Trinajstić information content (AvgIpc) is 2.18. The highest BCUT2D eigenvalue weighted by molar-refractivity contribution is 5.78. The lowest BCUT2D eigenvalue weighted by Crippen LogP contribution is -2.02. The summed E-state index contributed by atoms with van der Waals surface area (Å²) in [5, 5.41) is 9.10. The molecule has 0 aliphatic carbocycles. The Bertz CT molecular complexity index is 423. The molecule has 0 aliphatic rings. The van der Waals surface area contributed by atoms with Gasteiger partial charge in [-0.15, -0.1) is 0 Å². The van der Waals surface area contributed by atoms with Crippen LogP contribution in [0.1, 0.15) is 16.7 Å². The molecule has 78 valence electrons. The van der Waals surface area contributed by atoms with Gasteiger partial charge in [-0.3, -0.25) is 0 Å². The van der Waals surface area contributed by atoms with Crippen LogP contribution in [0, 0.1) is 25.2 Å². The summed E-state index contributed by atoms with van der Waals surface area (Å²) in [7, 11) is 3.84. The minimum atomic E-state index is 0.709. The molecule has 0 radical (unpaired) electrons. The second kappa shape index (κ2) is 4.65. The van der Waals surface area contributed by atoms with Crippen molar-refractivity contribution in [2.24, 2.45) is 0 Å². The average molecular weight is 200 g/mol. The molecular weight excluding hydrogens is 184 g/mol. The first-order chi connectivity index (χ1) is 7.04. The van der Waals surface area contributed by atoms with Crippen molar-refractivity contribution in [2.45, 2.75) is 13.8 Å². The Balaban J connectivity index is 3.25. The summed E-state index contributed by atoms with van der Waals surface area (Å²) >= 11 is 0. The molecule has 0 spiro atoms. The lowest BCUT2D eigenvalue weighted by Gasteiger charge is -2.09. The Labute approximate surface area is 91.4 Å². The zero-order valence-electron chi connectivity index (χ0n) is 9.70. The van der Waals surface area contributed by atoms with Crippen LogP contribution in [0.5, 0.6) is 0 Å². The molecule has 2 heteroatoms. The Hall–Kier alpha value is -1.75. The maximum Gasteiger partial charge on any atom is 0.101 e. The topological polar surface area (TPSA) is 27.0 Å². The summed E-state index contributed by atoms with van der Waals surface area (Å²) in [6, 6.07) is 8.39. The van der Waals surface area contributed by atoms with Gasteiger partial charge in [0.15, 0.2) is 0 Å². The van der Waals surface area contributed by atoms with Gasteiger partial charge in [-0.05, 0) is 25.0 Å². The molecule has 0 aromatic heterocycles. The monoisotopic (exact) mass is 200 g/mol. The molecule has 0 saturated heterocycles. The van der Waals surface area contributed by atoms with Gasteiger partial charge in [-0.1, -0.05) is 23.8 Å². The van der Waals surface area contributed by atoms with Gasteiger partial charge < -0.3 is 4.90 Å². The number of benzene rings is 1. The quantitative estimate of drug-likeness (QED) is 0.686. The first kappa shape index (κ1) is 11.3. The molecule has 0 aliphatic heterocycles. The Morgan fingerprint density at radius 3 is 2.53 bits per heavy atom.